The molecule has 0 spiro atoms. The van der Waals surface area contributed by atoms with Crippen molar-refractivity contribution in [3.05, 3.63) is 46.5 Å². The lowest BCUT2D eigenvalue weighted by atomic mass is 10.1. The van der Waals surface area contributed by atoms with E-state index in [0.29, 0.717) is 11.1 Å². The summed E-state index contributed by atoms with van der Waals surface area (Å²) >= 11 is 1.01. The maximum atomic E-state index is 11.8. The Bertz CT molecular complexity index is 969. The zero-order chi connectivity index (χ0) is 22.3. The molecule has 2 N–H and O–H groups in total. The Morgan fingerprint density at radius 1 is 1.30 bits per heavy atom. The number of amides is 1. The van der Waals surface area contributed by atoms with E-state index >= 15 is 0 Å². The number of anilines is 1. The van der Waals surface area contributed by atoms with Gasteiger partial charge in [0.15, 0.2) is 5.13 Å². The summed E-state index contributed by atoms with van der Waals surface area (Å²) in [6, 6.07) is 6.46. The number of rotatable bonds is 7. The van der Waals surface area contributed by atoms with Crippen molar-refractivity contribution in [3.63, 3.8) is 0 Å². The first-order chi connectivity index (χ1) is 14.1. The molecule has 12 heteroatoms. The SMILES string of the molecule is BOC(=O)c1cccc(CO/N=C(\C(=O)O)c2csc(NC(=O)OC(C)(C)C)n2)c1. The number of carboxylic acid groups (broad SMARTS) is 1. The Labute approximate surface area is 177 Å². The maximum Gasteiger partial charge on any atom is 0.413 e. The summed E-state index contributed by atoms with van der Waals surface area (Å²) in [5.41, 5.74) is -0.179. The van der Waals surface area contributed by atoms with Crippen molar-refractivity contribution >= 4 is 48.3 Å². The summed E-state index contributed by atoms with van der Waals surface area (Å²) in [6.07, 6.45) is -0.709. The molecule has 30 heavy (non-hydrogen) atoms. The zero-order valence-corrected chi connectivity index (χ0v) is 17.6. The van der Waals surface area contributed by atoms with E-state index in [0.717, 1.165) is 11.3 Å². The number of ether oxygens (including phenoxy) is 1. The fourth-order valence-electron chi connectivity index (χ4n) is 2.10. The lowest BCUT2D eigenvalue weighted by Gasteiger charge is -2.18. The number of aromatic nitrogens is 1. The molecule has 0 aliphatic heterocycles. The highest BCUT2D eigenvalue weighted by atomic mass is 32.1. The van der Waals surface area contributed by atoms with Gasteiger partial charge in [-0.2, -0.15) is 0 Å². The molecule has 0 saturated carbocycles. The maximum absolute atomic E-state index is 11.8. The van der Waals surface area contributed by atoms with Gasteiger partial charge in [-0.05, 0) is 38.5 Å². The van der Waals surface area contributed by atoms with Crippen LogP contribution in [-0.4, -0.2) is 47.5 Å². The zero-order valence-electron chi connectivity index (χ0n) is 16.8. The van der Waals surface area contributed by atoms with Crippen LogP contribution < -0.4 is 5.32 Å². The highest BCUT2D eigenvalue weighted by Gasteiger charge is 2.20. The fourth-order valence-corrected chi connectivity index (χ4v) is 2.78. The number of oxime groups is 1. The van der Waals surface area contributed by atoms with Crippen molar-refractivity contribution in [1.29, 1.82) is 0 Å². The molecule has 0 aliphatic carbocycles. The molecule has 0 aliphatic rings. The van der Waals surface area contributed by atoms with Crippen LogP contribution in [0.15, 0.2) is 34.8 Å². The van der Waals surface area contributed by atoms with Crippen molar-refractivity contribution in [1.82, 2.24) is 4.98 Å². The summed E-state index contributed by atoms with van der Waals surface area (Å²) in [4.78, 5) is 44.0. The largest absolute Gasteiger partial charge is 0.540 e. The standard InChI is InChI=1S/C18H20BN3O7S/c1-18(2,3)28-17(26)21-16-20-12(9-30-16)13(14(23)24)22-27-8-10-5-4-6-11(7-10)15(25)29-19/h4-7,9H,8,19H2,1-3H3,(H,23,24)(H,20,21,26)/b22-13-. The van der Waals surface area contributed by atoms with Crippen molar-refractivity contribution < 1.29 is 33.7 Å². The van der Waals surface area contributed by atoms with E-state index in [-0.39, 0.29) is 17.4 Å². The Morgan fingerprint density at radius 2 is 2.03 bits per heavy atom. The van der Waals surface area contributed by atoms with E-state index in [4.69, 9.17) is 9.57 Å². The van der Waals surface area contributed by atoms with Gasteiger partial charge in [-0.3, -0.25) is 5.32 Å². The number of benzene rings is 1. The second-order valence-electron chi connectivity index (χ2n) is 6.88. The molecule has 2 rings (SSSR count). The smallest absolute Gasteiger partial charge is 0.413 e. The molecule has 0 atom stereocenters. The fraction of sp³-hybridized carbons (Fsp3) is 0.278. The molecule has 0 unspecified atom stereocenters. The van der Waals surface area contributed by atoms with Crippen molar-refractivity contribution in [3.8, 4) is 0 Å². The monoisotopic (exact) mass is 433 g/mol. The van der Waals surface area contributed by atoms with Crippen LogP contribution in [-0.2, 0) is 25.6 Å². The number of hydrogen-bond donors (Lipinski definition) is 2. The Hall–Kier alpha value is -3.41. The summed E-state index contributed by atoms with van der Waals surface area (Å²) in [7, 11) is 1.27. The molecule has 0 bridgehead atoms. The van der Waals surface area contributed by atoms with Crippen LogP contribution >= 0.6 is 11.3 Å². The normalized spacial score (nSPS) is 11.5. The van der Waals surface area contributed by atoms with E-state index < -0.39 is 29.3 Å². The molecule has 0 radical (unpaired) electrons. The number of thiazole rings is 1. The van der Waals surface area contributed by atoms with E-state index in [9.17, 15) is 19.5 Å². The number of carboxylic acids is 1. The predicted octanol–water partition coefficient (Wildman–Crippen LogP) is 2.20. The number of aliphatic carboxylic acids is 1. The third kappa shape index (κ3) is 6.89. The van der Waals surface area contributed by atoms with Gasteiger partial charge in [0.1, 0.15) is 17.9 Å². The van der Waals surface area contributed by atoms with Crippen molar-refractivity contribution in [2.24, 2.45) is 5.16 Å². The molecule has 158 valence electrons. The van der Waals surface area contributed by atoms with Gasteiger partial charge >= 0.3 is 26.1 Å². The molecule has 1 aromatic carbocycles. The Morgan fingerprint density at radius 3 is 2.67 bits per heavy atom. The van der Waals surface area contributed by atoms with Crippen LogP contribution in [0, 0.1) is 0 Å². The average molecular weight is 433 g/mol. The van der Waals surface area contributed by atoms with Crippen LogP contribution in [0.1, 0.15) is 42.4 Å². The molecule has 0 fully saturated rings. The summed E-state index contributed by atoms with van der Waals surface area (Å²) < 4.78 is 9.77. The minimum absolute atomic E-state index is 0.0156. The van der Waals surface area contributed by atoms with Crippen LogP contribution in [0.25, 0.3) is 0 Å². The van der Waals surface area contributed by atoms with E-state index in [2.05, 4.69) is 20.1 Å². The van der Waals surface area contributed by atoms with E-state index in [1.165, 1.54) is 13.4 Å². The third-order valence-electron chi connectivity index (χ3n) is 3.29. The highest BCUT2D eigenvalue weighted by molar-refractivity contribution is 7.14. The number of nitrogens with one attached hydrogen (secondary N) is 1. The second kappa shape index (κ2) is 9.88. The Balaban J connectivity index is 2.07. The molecule has 0 saturated heterocycles. The minimum Gasteiger partial charge on any atom is -0.540 e. The quantitative estimate of drug-likeness (QED) is 0.385. The molecular formula is C18H20BN3O7S. The van der Waals surface area contributed by atoms with Crippen molar-refractivity contribution in [2.75, 3.05) is 5.32 Å². The van der Waals surface area contributed by atoms with Gasteiger partial charge in [0, 0.05) is 5.38 Å². The second-order valence-corrected chi connectivity index (χ2v) is 7.73. The van der Waals surface area contributed by atoms with Gasteiger partial charge in [0.05, 0.1) is 5.56 Å². The lowest BCUT2D eigenvalue weighted by molar-refractivity contribution is -0.129. The predicted molar refractivity (Wildman–Crippen MR) is 111 cm³/mol. The number of carbonyl (C=O) groups excluding carboxylic acids is 2. The first-order valence-electron chi connectivity index (χ1n) is 8.65. The topological polar surface area (TPSA) is 136 Å². The van der Waals surface area contributed by atoms with Gasteiger partial charge in [0.25, 0.3) is 0 Å². The minimum atomic E-state index is -1.35. The van der Waals surface area contributed by atoms with Crippen LogP contribution in [0.5, 0.6) is 0 Å². The molecule has 1 amide bonds. The van der Waals surface area contributed by atoms with Gasteiger partial charge in [-0.15, -0.1) is 11.3 Å². The van der Waals surface area contributed by atoms with Gasteiger partial charge < -0.3 is 19.3 Å². The molecule has 10 nitrogen and oxygen atoms in total. The third-order valence-corrected chi connectivity index (χ3v) is 4.05. The van der Waals surface area contributed by atoms with Crippen molar-refractivity contribution in [2.45, 2.75) is 33.0 Å². The van der Waals surface area contributed by atoms with Gasteiger partial charge in [-0.25, -0.2) is 19.4 Å². The molecule has 1 aromatic heterocycles. The summed E-state index contributed by atoms with van der Waals surface area (Å²) in [6.45, 7) is 5.07. The number of hydrogen-bond acceptors (Lipinski definition) is 9. The highest BCUT2D eigenvalue weighted by Crippen LogP contribution is 2.18. The molecule has 1 heterocycles. The Kier molecular flexibility index (Phi) is 7.53. The first kappa shape index (κ1) is 22.9. The molecular weight excluding hydrogens is 413 g/mol. The van der Waals surface area contributed by atoms with Gasteiger partial charge in [0.2, 0.25) is 5.71 Å². The lowest BCUT2D eigenvalue weighted by Crippen LogP contribution is -2.27. The first-order valence-corrected chi connectivity index (χ1v) is 9.53. The van der Waals surface area contributed by atoms with Crippen LogP contribution in [0.2, 0.25) is 0 Å². The van der Waals surface area contributed by atoms with E-state index in [1.807, 2.05) is 0 Å². The summed E-state index contributed by atoms with van der Waals surface area (Å²) in [5, 5.41) is 17.0. The van der Waals surface area contributed by atoms with Crippen LogP contribution in [0.4, 0.5) is 9.93 Å². The van der Waals surface area contributed by atoms with Gasteiger partial charge in [-0.1, -0.05) is 17.3 Å². The number of nitrogens with zero attached hydrogens (tertiary/aromatic N) is 2. The molecule has 2 aromatic rings. The number of carbonyl (C=O) groups is 3. The van der Waals surface area contributed by atoms with Crippen LogP contribution in [0.3, 0.4) is 0 Å². The average Bonchev–Trinajstić information content (AvgIpc) is 3.10. The van der Waals surface area contributed by atoms with E-state index in [1.54, 1.807) is 45.0 Å². The summed E-state index contributed by atoms with van der Waals surface area (Å²) in [5.74, 6) is -1.86.